The Morgan fingerprint density at radius 3 is 2.88 bits per heavy atom. The van der Waals surface area contributed by atoms with Crippen molar-refractivity contribution in [3.63, 3.8) is 0 Å². The summed E-state index contributed by atoms with van der Waals surface area (Å²) in [4.78, 5) is 14.2. The predicted octanol–water partition coefficient (Wildman–Crippen LogP) is 2.65. The molecular formula is C13H17BrN2O. The molecule has 1 amide bonds. The predicted molar refractivity (Wildman–Crippen MR) is 73.1 cm³/mol. The van der Waals surface area contributed by atoms with Crippen molar-refractivity contribution in [3.8, 4) is 0 Å². The van der Waals surface area contributed by atoms with Crippen LogP contribution in [0.2, 0.25) is 0 Å². The molecule has 2 rings (SSSR count). The number of likely N-dealkylation sites (tertiary alicyclic amines) is 1. The minimum atomic E-state index is 0.119. The second kappa shape index (κ2) is 5.19. The summed E-state index contributed by atoms with van der Waals surface area (Å²) in [6.07, 6.45) is 0.950. The Morgan fingerprint density at radius 1 is 1.53 bits per heavy atom. The Labute approximate surface area is 110 Å². The number of nitrogens with zero attached hydrogens (tertiary/aromatic N) is 1. The maximum atomic E-state index is 12.0. The van der Waals surface area contributed by atoms with Crippen LogP contribution in [-0.2, 0) is 4.79 Å². The number of carbonyl (C=O) groups excluding carboxylic acids is 1. The summed E-state index contributed by atoms with van der Waals surface area (Å²) < 4.78 is 0.942. The zero-order chi connectivity index (χ0) is 12.4. The number of benzene rings is 1. The lowest BCUT2D eigenvalue weighted by Gasteiger charge is -2.12. The van der Waals surface area contributed by atoms with E-state index < -0.39 is 0 Å². The first-order valence-electron chi connectivity index (χ1n) is 5.82. The number of amides is 1. The quantitative estimate of drug-likeness (QED) is 0.910. The zero-order valence-electron chi connectivity index (χ0n) is 10.2. The molecule has 0 aliphatic carbocycles. The van der Waals surface area contributed by atoms with Crippen LogP contribution in [0.3, 0.4) is 0 Å². The average Bonchev–Trinajstić information content (AvgIpc) is 2.69. The highest BCUT2D eigenvalue weighted by Gasteiger charge is 2.26. The van der Waals surface area contributed by atoms with Crippen molar-refractivity contribution in [3.05, 3.63) is 28.2 Å². The van der Waals surface area contributed by atoms with Gasteiger partial charge in [-0.25, -0.2) is 0 Å². The van der Waals surface area contributed by atoms with E-state index in [4.69, 9.17) is 0 Å². The normalized spacial score (nSPS) is 20.5. The number of carbonyl (C=O) groups is 1. The third-order valence-corrected chi connectivity index (χ3v) is 3.80. The third-order valence-electron chi connectivity index (χ3n) is 3.14. The lowest BCUT2D eigenvalue weighted by Crippen LogP contribution is -2.25. The van der Waals surface area contributed by atoms with Crippen LogP contribution in [0.5, 0.6) is 0 Å². The summed E-state index contributed by atoms with van der Waals surface area (Å²) in [6, 6.07) is 5.95. The SMILES string of the molecule is Cc1ccc(NC(=O)C2CCN(C)C2)c(Br)c1. The summed E-state index contributed by atoms with van der Waals surface area (Å²) in [7, 11) is 2.05. The highest BCUT2D eigenvalue weighted by molar-refractivity contribution is 9.10. The fourth-order valence-corrected chi connectivity index (χ4v) is 2.70. The number of rotatable bonds is 2. The van der Waals surface area contributed by atoms with Crippen molar-refractivity contribution in [2.45, 2.75) is 13.3 Å². The summed E-state index contributed by atoms with van der Waals surface area (Å²) in [5.41, 5.74) is 2.03. The van der Waals surface area contributed by atoms with E-state index in [0.717, 1.165) is 29.7 Å². The highest BCUT2D eigenvalue weighted by Crippen LogP contribution is 2.25. The van der Waals surface area contributed by atoms with Gasteiger partial charge >= 0.3 is 0 Å². The fraction of sp³-hybridized carbons (Fsp3) is 0.462. The standard InChI is InChI=1S/C13H17BrN2O/c1-9-3-4-12(11(14)7-9)15-13(17)10-5-6-16(2)8-10/h3-4,7,10H,5-6,8H2,1-2H3,(H,15,17). The van der Waals surface area contributed by atoms with Crippen molar-refractivity contribution < 1.29 is 4.79 Å². The van der Waals surface area contributed by atoms with Gasteiger partial charge in [-0.3, -0.25) is 4.79 Å². The van der Waals surface area contributed by atoms with Crippen LogP contribution in [0.4, 0.5) is 5.69 Å². The van der Waals surface area contributed by atoms with Crippen molar-refractivity contribution >= 4 is 27.5 Å². The van der Waals surface area contributed by atoms with Crippen LogP contribution < -0.4 is 5.32 Å². The second-order valence-electron chi connectivity index (χ2n) is 4.72. The van der Waals surface area contributed by atoms with Gasteiger partial charge in [0.2, 0.25) is 5.91 Å². The van der Waals surface area contributed by atoms with E-state index in [1.165, 1.54) is 5.56 Å². The van der Waals surface area contributed by atoms with E-state index in [9.17, 15) is 4.79 Å². The first-order valence-corrected chi connectivity index (χ1v) is 6.61. The zero-order valence-corrected chi connectivity index (χ0v) is 11.8. The first-order chi connectivity index (χ1) is 8.06. The molecule has 1 N–H and O–H groups in total. The highest BCUT2D eigenvalue weighted by atomic mass is 79.9. The molecule has 0 spiro atoms. The molecule has 1 unspecified atom stereocenters. The van der Waals surface area contributed by atoms with Gasteiger partial charge in [0.25, 0.3) is 0 Å². The number of anilines is 1. The molecule has 1 aliphatic rings. The van der Waals surface area contributed by atoms with E-state index in [2.05, 4.69) is 33.2 Å². The molecule has 1 saturated heterocycles. The number of hydrogen-bond acceptors (Lipinski definition) is 2. The van der Waals surface area contributed by atoms with Crippen LogP contribution in [0.1, 0.15) is 12.0 Å². The molecule has 1 aromatic carbocycles. The van der Waals surface area contributed by atoms with Crippen LogP contribution in [0.25, 0.3) is 0 Å². The molecule has 1 atom stereocenters. The first kappa shape index (κ1) is 12.6. The Bertz CT molecular complexity index is 433. The Hall–Kier alpha value is -0.870. The number of nitrogens with one attached hydrogen (secondary N) is 1. The summed E-state index contributed by atoms with van der Waals surface area (Å²) >= 11 is 3.47. The van der Waals surface area contributed by atoms with Crippen LogP contribution >= 0.6 is 15.9 Å². The Balaban J connectivity index is 2.03. The van der Waals surface area contributed by atoms with E-state index in [1.807, 2.05) is 25.1 Å². The topological polar surface area (TPSA) is 32.3 Å². The van der Waals surface area contributed by atoms with Gasteiger partial charge in [0.1, 0.15) is 0 Å². The second-order valence-corrected chi connectivity index (χ2v) is 5.57. The number of halogens is 1. The van der Waals surface area contributed by atoms with Crippen molar-refractivity contribution in [1.82, 2.24) is 4.90 Å². The molecule has 1 fully saturated rings. The molecule has 0 radical (unpaired) electrons. The Kier molecular flexibility index (Phi) is 3.84. The minimum absolute atomic E-state index is 0.119. The lowest BCUT2D eigenvalue weighted by atomic mass is 10.1. The van der Waals surface area contributed by atoms with Crippen molar-refractivity contribution in [2.24, 2.45) is 5.92 Å². The molecule has 0 bridgehead atoms. The van der Waals surface area contributed by atoms with Gasteiger partial charge in [0.15, 0.2) is 0 Å². The molecular weight excluding hydrogens is 280 g/mol. The van der Waals surface area contributed by atoms with E-state index in [1.54, 1.807) is 0 Å². The van der Waals surface area contributed by atoms with E-state index in [-0.39, 0.29) is 11.8 Å². The minimum Gasteiger partial charge on any atom is -0.325 e. The largest absolute Gasteiger partial charge is 0.325 e. The van der Waals surface area contributed by atoms with Crippen LogP contribution in [-0.4, -0.2) is 30.9 Å². The average molecular weight is 297 g/mol. The van der Waals surface area contributed by atoms with Gasteiger partial charge in [-0.15, -0.1) is 0 Å². The summed E-state index contributed by atoms with van der Waals surface area (Å²) in [5.74, 6) is 0.243. The Morgan fingerprint density at radius 2 is 2.29 bits per heavy atom. The van der Waals surface area contributed by atoms with Gasteiger partial charge in [-0.2, -0.15) is 0 Å². The van der Waals surface area contributed by atoms with E-state index >= 15 is 0 Å². The molecule has 1 aliphatic heterocycles. The maximum Gasteiger partial charge on any atom is 0.228 e. The molecule has 17 heavy (non-hydrogen) atoms. The summed E-state index contributed by atoms with van der Waals surface area (Å²) in [5, 5.41) is 2.99. The molecule has 92 valence electrons. The van der Waals surface area contributed by atoms with Crippen LogP contribution in [0, 0.1) is 12.8 Å². The third kappa shape index (κ3) is 3.07. The summed E-state index contributed by atoms with van der Waals surface area (Å²) in [6.45, 7) is 3.89. The molecule has 4 heteroatoms. The lowest BCUT2D eigenvalue weighted by molar-refractivity contribution is -0.119. The van der Waals surface area contributed by atoms with Gasteiger partial charge in [-0.1, -0.05) is 6.07 Å². The van der Waals surface area contributed by atoms with Gasteiger partial charge in [0.05, 0.1) is 11.6 Å². The fourth-order valence-electron chi connectivity index (χ4n) is 2.11. The molecule has 3 nitrogen and oxygen atoms in total. The monoisotopic (exact) mass is 296 g/mol. The van der Waals surface area contributed by atoms with Crippen molar-refractivity contribution in [1.29, 1.82) is 0 Å². The van der Waals surface area contributed by atoms with Gasteiger partial charge in [0, 0.05) is 11.0 Å². The molecule has 0 saturated carbocycles. The van der Waals surface area contributed by atoms with Crippen LogP contribution in [0.15, 0.2) is 22.7 Å². The van der Waals surface area contributed by atoms with Crippen molar-refractivity contribution in [2.75, 3.05) is 25.5 Å². The van der Waals surface area contributed by atoms with E-state index in [0.29, 0.717) is 0 Å². The molecule has 1 aromatic rings. The van der Waals surface area contributed by atoms with Gasteiger partial charge in [-0.05, 0) is 60.6 Å². The number of hydrogen-bond donors (Lipinski definition) is 1. The number of aryl methyl sites for hydroxylation is 1. The smallest absolute Gasteiger partial charge is 0.228 e. The molecule has 0 aromatic heterocycles. The maximum absolute atomic E-state index is 12.0. The van der Waals surface area contributed by atoms with Gasteiger partial charge < -0.3 is 10.2 Å². The molecule has 1 heterocycles.